The predicted molar refractivity (Wildman–Crippen MR) is 119 cm³/mol. The van der Waals surface area contributed by atoms with Crippen LogP contribution in [0, 0.1) is 0 Å². The van der Waals surface area contributed by atoms with Gasteiger partial charge in [-0.2, -0.15) is 0 Å². The summed E-state index contributed by atoms with van der Waals surface area (Å²) in [5.41, 5.74) is 2.84. The maximum Gasteiger partial charge on any atom is 0.191 e. The molecular formula is C22H28BrN5. The van der Waals surface area contributed by atoms with E-state index in [1.807, 2.05) is 13.2 Å². The maximum atomic E-state index is 4.54. The molecule has 0 bridgehead atoms. The average molecular weight is 442 g/mol. The van der Waals surface area contributed by atoms with Gasteiger partial charge in [-0.15, -0.1) is 0 Å². The van der Waals surface area contributed by atoms with E-state index in [0.717, 1.165) is 38.0 Å². The molecule has 2 aromatic rings. The van der Waals surface area contributed by atoms with Crippen LogP contribution < -0.4 is 15.5 Å². The zero-order chi connectivity index (χ0) is 19.4. The molecule has 0 unspecified atom stereocenters. The second-order valence-corrected chi connectivity index (χ2v) is 8.61. The second-order valence-electron chi connectivity index (χ2n) is 7.76. The number of benzene rings is 1. The van der Waals surface area contributed by atoms with Gasteiger partial charge in [-0.05, 0) is 55.0 Å². The Labute approximate surface area is 175 Å². The van der Waals surface area contributed by atoms with E-state index in [9.17, 15) is 0 Å². The molecule has 1 saturated heterocycles. The smallest absolute Gasteiger partial charge is 0.191 e. The van der Waals surface area contributed by atoms with Gasteiger partial charge < -0.3 is 15.5 Å². The number of nitrogens with one attached hydrogen (secondary N) is 2. The van der Waals surface area contributed by atoms with Gasteiger partial charge in [0.2, 0.25) is 0 Å². The van der Waals surface area contributed by atoms with Crippen LogP contribution in [0.25, 0.3) is 0 Å². The van der Waals surface area contributed by atoms with Crippen molar-refractivity contribution < 1.29 is 0 Å². The summed E-state index contributed by atoms with van der Waals surface area (Å²) in [6, 6.07) is 12.8. The van der Waals surface area contributed by atoms with Crippen LogP contribution in [0.2, 0.25) is 0 Å². The average Bonchev–Trinajstić information content (AvgIpc) is 3.30. The molecule has 0 atom stereocenters. The molecule has 4 rings (SSSR count). The first-order valence-corrected chi connectivity index (χ1v) is 10.9. The Bertz CT molecular complexity index is 840. The zero-order valence-electron chi connectivity index (χ0n) is 16.4. The lowest BCUT2D eigenvalue weighted by molar-refractivity contribution is 0.643. The minimum Gasteiger partial charge on any atom is -0.357 e. The van der Waals surface area contributed by atoms with E-state index in [0.29, 0.717) is 0 Å². The SMILES string of the molecule is CN=C(NCc1ccnc(N2CCCC2)c1)NCC1(c2ccccc2Br)CC1. The van der Waals surface area contributed by atoms with E-state index in [2.05, 4.69) is 77.8 Å². The van der Waals surface area contributed by atoms with Crippen LogP contribution in [0.5, 0.6) is 0 Å². The van der Waals surface area contributed by atoms with Crippen molar-refractivity contribution in [2.24, 2.45) is 4.99 Å². The lowest BCUT2D eigenvalue weighted by Crippen LogP contribution is -2.41. The molecule has 0 radical (unpaired) electrons. The third-order valence-corrected chi connectivity index (χ3v) is 6.51. The number of rotatable bonds is 6. The molecule has 1 aliphatic heterocycles. The number of pyridine rings is 1. The summed E-state index contributed by atoms with van der Waals surface area (Å²) in [7, 11) is 1.83. The van der Waals surface area contributed by atoms with Gasteiger partial charge in [0.1, 0.15) is 5.82 Å². The Kier molecular flexibility index (Phi) is 5.85. The Morgan fingerprint density at radius 1 is 1.18 bits per heavy atom. The van der Waals surface area contributed by atoms with Gasteiger partial charge in [-0.25, -0.2) is 4.98 Å². The molecule has 1 aromatic heterocycles. The normalized spacial score (nSPS) is 18.2. The molecule has 2 aliphatic rings. The largest absolute Gasteiger partial charge is 0.357 e. The molecule has 2 heterocycles. The van der Waals surface area contributed by atoms with Gasteiger partial charge in [0, 0.05) is 49.3 Å². The number of hydrogen-bond acceptors (Lipinski definition) is 3. The molecule has 5 nitrogen and oxygen atoms in total. The minimum atomic E-state index is 0.220. The lowest BCUT2D eigenvalue weighted by atomic mass is 9.96. The van der Waals surface area contributed by atoms with E-state index < -0.39 is 0 Å². The molecule has 28 heavy (non-hydrogen) atoms. The summed E-state index contributed by atoms with van der Waals surface area (Å²) < 4.78 is 1.20. The summed E-state index contributed by atoms with van der Waals surface area (Å²) in [5, 5.41) is 6.98. The number of aliphatic imine (C=N–C) groups is 1. The number of guanidine groups is 1. The van der Waals surface area contributed by atoms with Crippen LogP contribution >= 0.6 is 15.9 Å². The van der Waals surface area contributed by atoms with Crippen molar-refractivity contribution in [2.45, 2.75) is 37.6 Å². The van der Waals surface area contributed by atoms with Crippen LogP contribution in [0.15, 0.2) is 52.1 Å². The third kappa shape index (κ3) is 4.32. The van der Waals surface area contributed by atoms with Gasteiger partial charge in [0.25, 0.3) is 0 Å². The third-order valence-electron chi connectivity index (χ3n) is 5.82. The topological polar surface area (TPSA) is 52.6 Å². The standard InChI is InChI=1S/C22H28BrN5/c1-24-21(27-16-22(9-10-22)18-6-2-3-7-19(18)23)26-15-17-8-11-25-20(14-17)28-12-4-5-13-28/h2-3,6-8,11,14H,4-5,9-10,12-13,15-16H2,1H3,(H2,24,26,27). The van der Waals surface area contributed by atoms with Gasteiger partial charge in [0.05, 0.1) is 0 Å². The Morgan fingerprint density at radius 3 is 2.68 bits per heavy atom. The van der Waals surface area contributed by atoms with Crippen molar-refractivity contribution in [3.63, 3.8) is 0 Å². The monoisotopic (exact) mass is 441 g/mol. The Morgan fingerprint density at radius 2 is 1.96 bits per heavy atom. The highest BCUT2D eigenvalue weighted by molar-refractivity contribution is 9.10. The summed E-state index contributed by atoms with van der Waals surface area (Å²) in [6.07, 6.45) is 6.86. The van der Waals surface area contributed by atoms with Crippen LogP contribution in [-0.2, 0) is 12.0 Å². The van der Waals surface area contributed by atoms with E-state index in [1.54, 1.807) is 0 Å². The fourth-order valence-corrected chi connectivity index (χ4v) is 4.64. The number of anilines is 1. The van der Waals surface area contributed by atoms with E-state index in [1.165, 1.54) is 41.3 Å². The minimum absolute atomic E-state index is 0.220. The molecule has 1 aromatic carbocycles. The number of hydrogen-bond donors (Lipinski definition) is 2. The highest BCUT2D eigenvalue weighted by Crippen LogP contribution is 2.49. The first-order chi connectivity index (χ1) is 13.7. The maximum absolute atomic E-state index is 4.54. The highest BCUT2D eigenvalue weighted by atomic mass is 79.9. The molecule has 2 N–H and O–H groups in total. The first kappa shape index (κ1) is 19.2. The molecule has 0 amide bonds. The number of halogens is 1. The molecule has 1 aliphatic carbocycles. The molecule has 6 heteroatoms. The van der Waals surface area contributed by atoms with Crippen molar-refractivity contribution >= 4 is 27.7 Å². The van der Waals surface area contributed by atoms with Crippen molar-refractivity contribution in [1.82, 2.24) is 15.6 Å². The van der Waals surface area contributed by atoms with Crippen molar-refractivity contribution in [1.29, 1.82) is 0 Å². The van der Waals surface area contributed by atoms with E-state index in [4.69, 9.17) is 0 Å². The molecular weight excluding hydrogens is 414 g/mol. The van der Waals surface area contributed by atoms with Gasteiger partial charge in [-0.1, -0.05) is 34.1 Å². The van der Waals surface area contributed by atoms with Gasteiger partial charge in [0.15, 0.2) is 5.96 Å². The summed E-state index contributed by atoms with van der Waals surface area (Å²) >= 11 is 3.71. The van der Waals surface area contributed by atoms with Crippen LogP contribution in [0.4, 0.5) is 5.82 Å². The Hall–Kier alpha value is -2.08. The summed E-state index contributed by atoms with van der Waals surface area (Å²) in [6.45, 7) is 3.87. The second kappa shape index (κ2) is 8.52. The predicted octanol–water partition coefficient (Wildman–Crippen LogP) is 3.84. The lowest BCUT2D eigenvalue weighted by Gasteiger charge is -2.20. The number of aromatic nitrogens is 1. The van der Waals surface area contributed by atoms with E-state index >= 15 is 0 Å². The summed E-state index contributed by atoms with van der Waals surface area (Å²) in [4.78, 5) is 11.3. The fourth-order valence-electron chi connectivity index (χ4n) is 3.93. The van der Waals surface area contributed by atoms with Crippen LogP contribution in [0.3, 0.4) is 0 Å². The van der Waals surface area contributed by atoms with Gasteiger partial charge in [-0.3, -0.25) is 4.99 Å². The van der Waals surface area contributed by atoms with E-state index in [-0.39, 0.29) is 5.41 Å². The molecule has 1 saturated carbocycles. The summed E-state index contributed by atoms with van der Waals surface area (Å²) in [5.74, 6) is 1.93. The molecule has 0 spiro atoms. The Balaban J connectivity index is 1.33. The van der Waals surface area contributed by atoms with Crippen LogP contribution in [-0.4, -0.2) is 37.6 Å². The van der Waals surface area contributed by atoms with Crippen molar-refractivity contribution in [3.8, 4) is 0 Å². The van der Waals surface area contributed by atoms with Gasteiger partial charge >= 0.3 is 0 Å². The first-order valence-electron chi connectivity index (χ1n) is 10.1. The molecule has 148 valence electrons. The fraction of sp³-hybridized carbons (Fsp3) is 0.455. The number of nitrogens with zero attached hydrogens (tertiary/aromatic N) is 3. The van der Waals surface area contributed by atoms with Crippen molar-refractivity contribution in [2.75, 3.05) is 31.6 Å². The zero-order valence-corrected chi connectivity index (χ0v) is 18.0. The van der Waals surface area contributed by atoms with Crippen LogP contribution in [0.1, 0.15) is 36.8 Å². The van der Waals surface area contributed by atoms with Crippen molar-refractivity contribution in [3.05, 3.63) is 58.2 Å². The highest BCUT2D eigenvalue weighted by Gasteiger charge is 2.45. The molecule has 2 fully saturated rings. The quantitative estimate of drug-likeness (QED) is 0.527.